The molecule has 0 bridgehead atoms. The standard InChI is InChI=1S/C14H16ClN3/c1-2-18(11-12-6-8-16-9-7-12)14-5-3-4-13(10-15)17-14/h3-9H,2,10-11H2,1H3. The molecular formula is C14H16ClN3. The fourth-order valence-electron chi connectivity index (χ4n) is 1.78. The Kier molecular flexibility index (Phi) is 4.53. The zero-order valence-electron chi connectivity index (χ0n) is 10.4. The number of nitrogens with zero attached hydrogens (tertiary/aromatic N) is 3. The largest absolute Gasteiger partial charge is 0.353 e. The molecule has 0 aliphatic carbocycles. The van der Waals surface area contributed by atoms with E-state index in [-0.39, 0.29) is 0 Å². The van der Waals surface area contributed by atoms with Crippen molar-refractivity contribution in [2.45, 2.75) is 19.3 Å². The van der Waals surface area contributed by atoms with Crippen molar-refractivity contribution < 1.29 is 0 Å². The lowest BCUT2D eigenvalue weighted by molar-refractivity contribution is 0.809. The lowest BCUT2D eigenvalue weighted by atomic mass is 10.2. The van der Waals surface area contributed by atoms with Crippen molar-refractivity contribution in [3.05, 3.63) is 54.0 Å². The molecule has 0 amide bonds. The molecule has 4 heteroatoms. The minimum atomic E-state index is 0.445. The summed E-state index contributed by atoms with van der Waals surface area (Å²) in [5, 5.41) is 0. The van der Waals surface area contributed by atoms with Gasteiger partial charge >= 0.3 is 0 Å². The van der Waals surface area contributed by atoms with Gasteiger partial charge in [0.1, 0.15) is 5.82 Å². The van der Waals surface area contributed by atoms with E-state index in [2.05, 4.69) is 21.8 Å². The zero-order valence-corrected chi connectivity index (χ0v) is 11.1. The molecule has 0 aliphatic heterocycles. The molecule has 94 valence electrons. The van der Waals surface area contributed by atoms with Crippen LogP contribution >= 0.6 is 11.6 Å². The van der Waals surface area contributed by atoms with Crippen LogP contribution in [0.25, 0.3) is 0 Å². The third-order valence-electron chi connectivity index (χ3n) is 2.76. The molecule has 0 atom stereocenters. The lowest BCUT2D eigenvalue weighted by Gasteiger charge is -2.22. The molecular weight excluding hydrogens is 246 g/mol. The first-order valence-corrected chi connectivity index (χ1v) is 6.52. The van der Waals surface area contributed by atoms with Crippen molar-refractivity contribution in [1.82, 2.24) is 9.97 Å². The van der Waals surface area contributed by atoms with Gasteiger partial charge in [-0.2, -0.15) is 0 Å². The normalized spacial score (nSPS) is 10.3. The molecule has 2 heterocycles. The van der Waals surface area contributed by atoms with E-state index in [0.29, 0.717) is 5.88 Å². The fraction of sp³-hybridized carbons (Fsp3) is 0.286. The average Bonchev–Trinajstić information content (AvgIpc) is 2.46. The Morgan fingerprint density at radius 2 is 1.94 bits per heavy atom. The van der Waals surface area contributed by atoms with Gasteiger partial charge < -0.3 is 4.90 Å². The van der Waals surface area contributed by atoms with Crippen molar-refractivity contribution in [2.75, 3.05) is 11.4 Å². The first-order chi connectivity index (χ1) is 8.83. The smallest absolute Gasteiger partial charge is 0.129 e. The highest BCUT2D eigenvalue weighted by Gasteiger charge is 2.07. The number of aromatic nitrogens is 2. The van der Waals surface area contributed by atoms with Gasteiger partial charge in [0, 0.05) is 25.5 Å². The van der Waals surface area contributed by atoms with Crippen LogP contribution in [0.15, 0.2) is 42.7 Å². The minimum absolute atomic E-state index is 0.445. The summed E-state index contributed by atoms with van der Waals surface area (Å²) >= 11 is 5.82. The highest BCUT2D eigenvalue weighted by molar-refractivity contribution is 6.16. The number of anilines is 1. The van der Waals surface area contributed by atoms with Crippen LogP contribution < -0.4 is 4.90 Å². The van der Waals surface area contributed by atoms with Gasteiger partial charge in [0.15, 0.2) is 0 Å². The van der Waals surface area contributed by atoms with E-state index in [1.807, 2.05) is 42.7 Å². The average molecular weight is 262 g/mol. The topological polar surface area (TPSA) is 29.0 Å². The second kappa shape index (κ2) is 6.36. The number of hydrogen-bond acceptors (Lipinski definition) is 3. The highest BCUT2D eigenvalue weighted by atomic mass is 35.5. The molecule has 2 aromatic rings. The second-order valence-corrected chi connectivity index (χ2v) is 4.26. The van der Waals surface area contributed by atoms with Crippen LogP contribution in [0.5, 0.6) is 0 Å². The van der Waals surface area contributed by atoms with Crippen LogP contribution in [0.2, 0.25) is 0 Å². The maximum Gasteiger partial charge on any atom is 0.129 e. The Morgan fingerprint density at radius 1 is 1.17 bits per heavy atom. The van der Waals surface area contributed by atoms with Gasteiger partial charge in [-0.3, -0.25) is 4.98 Å². The fourth-order valence-corrected chi connectivity index (χ4v) is 1.93. The molecule has 0 N–H and O–H groups in total. The van der Waals surface area contributed by atoms with E-state index in [1.165, 1.54) is 5.56 Å². The Hall–Kier alpha value is -1.61. The van der Waals surface area contributed by atoms with Crippen LogP contribution in [0, 0.1) is 0 Å². The third-order valence-corrected chi connectivity index (χ3v) is 3.03. The first-order valence-electron chi connectivity index (χ1n) is 5.99. The summed E-state index contributed by atoms with van der Waals surface area (Å²) in [6.45, 7) is 3.86. The summed E-state index contributed by atoms with van der Waals surface area (Å²) in [5.74, 6) is 1.41. The Bertz CT molecular complexity index is 487. The van der Waals surface area contributed by atoms with E-state index in [9.17, 15) is 0 Å². The molecule has 18 heavy (non-hydrogen) atoms. The lowest BCUT2D eigenvalue weighted by Crippen LogP contribution is -2.23. The van der Waals surface area contributed by atoms with Crippen molar-refractivity contribution in [3.8, 4) is 0 Å². The number of halogens is 1. The van der Waals surface area contributed by atoms with E-state index >= 15 is 0 Å². The van der Waals surface area contributed by atoms with Gasteiger partial charge in [-0.25, -0.2) is 4.98 Å². The van der Waals surface area contributed by atoms with Gasteiger partial charge in [-0.05, 0) is 36.8 Å². The molecule has 3 nitrogen and oxygen atoms in total. The number of hydrogen-bond donors (Lipinski definition) is 0. The maximum absolute atomic E-state index is 5.82. The maximum atomic E-state index is 5.82. The number of alkyl halides is 1. The van der Waals surface area contributed by atoms with E-state index in [0.717, 1.165) is 24.6 Å². The van der Waals surface area contributed by atoms with Crippen LogP contribution in [-0.4, -0.2) is 16.5 Å². The van der Waals surface area contributed by atoms with Crippen LogP contribution in [-0.2, 0) is 12.4 Å². The van der Waals surface area contributed by atoms with Gasteiger partial charge in [0.05, 0.1) is 11.6 Å². The molecule has 0 aliphatic rings. The molecule has 0 saturated carbocycles. The van der Waals surface area contributed by atoms with Crippen LogP contribution in [0.4, 0.5) is 5.82 Å². The van der Waals surface area contributed by atoms with Crippen LogP contribution in [0.3, 0.4) is 0 Å². The minimum Gasteiger partial charge on any atom is -0.353 e. The molecule has 0 saturated heterocycles. The Balaban J connectivity index is 2.17. The van der Waals surface area contributed by atoms with Crippen molar-refractivity contribution in [3.63, 3.8) is 0 Å². The molecule has 2 rings (SSSR count). The summed E-state index contributed by atoms with van der Waals surface area (Å²) in [6.07, 6.45) is 3.62. The van der Waals surface area contributed by atoms with E-state index < -0.39 is 0 Å². The Morgan fingerprint density at radius 3 is 2.61 bits per heavy atom. The van der Waals surface area contributed by atoms with Crippen molar-refractivity contribution in [1.29, 1.82) is 0 Å². The summed E-state index contributed by atoms with van der Waals surface area (Å²) in [5.41, 5.74) is 2.13. The van der Waals surface area contributed by atoms with Gasteiger partial charge in [-0.15, -0.1) is 11.6 Å². The van der Waals surface area contributed by atoms with E-state index in [1.54, 1.807) is 0 Å². The van der Waals surface area contributed by atoms with E-state index in [4.69, 9.17) is 11.6 Å². The van der Waals surface area contributed by atoms with Crippen molar-refractivity contribution >= 4 is 17.4 Å². The first kappa shape index (κ1) is 12.8. The second-order valence-electron chi connectivity index (χ2n) is 3.99. The molecule has 0 fully saturated rings. The molecule has 0 radical (unpaired) electrons. The summed E-state index contributed by atoms with van der Waals surface area (Å²) in [6, 6.07) is 9.99. The molecule has 0 spiro atoms. The number of rotatable bonds is 5. The third kappa shape index (κ3) is 3.20. The quantitative estimate of drug-likeness (QED) is 0.774. The van der Waals surface area contributed by atoms with Crippen LogP contribution in [0.1, 0.15) is 18.2 Å². The van der Waals surface area contributed by atoms with Crippen molar-refractivity contribution in [2.24, 2.45) is 0 Å². The summed E-state index contributed by atoms with van der Waals surface area (Å²) in [4.78, 5) is 10.8. The van der Waals surface area contributed by atoms with Gasteiger partial charge in [0.2, 0.25) is 0 Å². The molecule has 2 aromatic heterocycles. The predicted molar refractivity (Wildman–Crippen MR) is 74.8 cm³/mol. The Labute approximate surface area is 112 Å². The van der Waals surface area contributed by atoms with Gasteiger partial charge in [-0.1, -0.05) is 6.07 Å². The van der Waals surface area contributed by atoms with Gasteiger partial charge in [0.25, 0.3) is 0 Å². The molecule has 0 unspecified atom stereocenters. The summed E-state index contributed by atoms with van der Waals surface area (Å²) < 4.78 is 0. The molecule has 0 aromatic carbocycles. The monoisotopic (exact) mass is 261 g/mol. The zero-order chi connectivity index (χ0) is 12.8. The number of pyridine rings is 2. The SMILES string of the molecule is CCN(Cc1ccncc1)c1cccc(CCl)n1. The predicted octanol–water partition coefficient (Wildman–Crippen LogP) is 3.24. The summed E-state index contributed by atoms with van der Waals surface area (Å²) in [7, 11) is 0. The highest BCUT2D eigenvalue weighted by Crippen LogP contribution is 2.15.